The van der Waals surface area contributed by atoms with Crippen LogP contribution >= 0.6 is 12.6 Å². The molecule has 1 rings (SSSR count). The van der Waals surface area contributed by atoms with E-state index in [1.165, 1.54) is 7.11 Å². The van der Waals surface area contributed by atoms with Crippen LogP contribution in [-0.2, 0) is 19.1 Å². The van der Waals surface area contributed by atoms with Crippen molar-refractivity contribution < 1.29 is 19.1 Å². The number of amides is 2. The van der Waals surface area contributed by atoms with E-state index in [-0.39, 0.29) is 12.3 Å². The monoisotopic (exact) mass is 275 g/mol. The molecule has 1 saturated carbocycles. The zero-order chi connectivity index (χ0) is 13.8. The van der Waals surface area contributed by atoms with Crippen LogP contribution in [0.15, 0.2) is 0 Å². The van der Waals surface area contributed by atoms with Crippen LogP contribution in [-0.4, -0.2) is 48.8 Å². The van der Waals surface area contributed by atoms with E-state index in [1.807, 2.05) is 0 Å². The highest BCUT2D eigenvalue weighted by molar-refractivity contribution is 7.80. The summed E-state index contributed by atoms with van der Waals surface area (Å²) in [4.78, 5) is 34.3. The molecule has 0 radical (unpaired) electrons. The largest absolute Gasteiger partial charge is 0.468 e. The minimum atomic E-state index is -0.925. The van der Waals surface area contributed by atoms with Crippen molar-refractivity contribution in [3.8, 4) is 0 Å². The molecule has 2 amide bonds. The van der Waals surface area contributed by atoms with Gasteiger partial charge in [0.25, 0.3) is 0 Å². The van der Waals surface area contributed by atoms with Gasteiger partial charge in [0.15, 0.2) is 0 Å². The summed E-state index contributed by atoms with van der Waals surface area (Å²) in [5.41, 5.74) is 4.58. The predicted octanol–water partition coefficient (Wildman–Crippen LogP) is -1.82. The molecule has 0 saturated heterocycles. The molecular formula is C10H17N3O4S. The Labute approximate surface area is 110 Å². The normalized spacial score (nSPS) is 17.5. The summed E-state index contributed by atoms with van der Waals surface area (Å²) < 4.78 is 4.40. The number of carbonyl (C=O) groups is 3. The van der Waals surface area contributed by atoms with E-state index in [2.05, 4.69) is 28.0 Å². The third kappa shape index (κ3) is 3.61. The zero-order valence-electron chi connectivity index (χ0n) is 10.1. The van der Waals surface area contributed by atoms with Gasteiger partial charge in [-0.2, -0.15) is 12.6 Å². The Balaban J connectivity index is 2.46. The first-order valence-corrected chi connectivity index (χ1v) is 6.12. The van der Waals surface area contributed by atoms with E-state index in [9.17, 15) is 14.4 Å². The van der Waals surface area contributed by atoms with Crippen LogP contribution in [0.1, 0.15) is 12.8 Å². The molecule has 4 N–H and O–H groups in total. The first-order valence-electron chi connectivity index (χ1n) is 5.49. The van der Waals surface area contributed by atoms with Gasteiger partial charge in [-0.15, -0.1) is 0 Å². The van der Waals surface area contributed by atoms with E-state index in [4.69, 9.17) is 5.73 Å². The van der Waals surface area contributed by atoms with Crippen LogP contribution in [0.5, 0.6) is 0 Å². The number of rotatable bonds is 6. The number of hydrogen-bond acceptors (Lipinski definition) is 6. The highest BCUT2D eigenvalue weighted by Crippen LogP contribution is 2.35. The molecule has 0 aromatic carbocycles. The van der Waals surface area contributed by atoms with Crippen molar-refractivity contribution in [3.05, 3.63) is 0 Å². The van der Waals surface area contributed by atoms with Gasteiger partial charge in [0.2, 0.25) is 11.8 Å². The Morgan fingerprint density at radius 1 is 1.44 bits per heavy atom. The van der Waals surface area contributed by atoms with Crippen molar-refractivity contribution in [1.82, 2.24) is 10.6 Å². The number of ether oxygens (including phenoxy) is 1. The Morgan fingerprint density at radius 2 is 2.06 bits per heavy atom. The number of hydrogen-bond donors (Lipinski definition) is 4. The summed E-state index contributed by atoms with van der Waals surface area (Å²) in [5.74, 6) is -1.16. The molecule has 0 unspecified atom stereocenters. The second-order valence-electron chi connectivity index (χ2n) is 4.12. The molecule has 0 spiro atoms. The highest BCUT2D eigenvalue weighted by Gasteiger charge is 2.51. The number of carbonyl (C=O) groups excluding carboxylic acids is 3. The fourth-order valence-electron chi connectivity index (χ4n) is 1.34. The maximum absolute atomic E-state index is 11.8. The molecule has 0 aromatic rings. The quantitative estimate of drug-likeness (QED) is 0.337. The number of nitrogens with one attached hydrogen (secondary N) is 2. The molecule has 1 aliphatic carbocycles. The van der Waals surface area contributed by atoms with Crippen LogP contribution in [0.4, 0.5) is 0 Å². The van der Waals surface area contributed by atoms with Gasteiger partial charge in [-0.3, -0.25) is 14.4 Å². The molecular weight excluding hydrogens is 258 g/mol. The third-order valence-corrected chi connectivity index (χ3v) is 3.09. The van der Waals surface area contributed by atoms with Crippen LogP contribution in [0.25, 0.3) is 0 Å². The molecule has 0 bridgehead atoms. The van der Waals surface area contributed by atoms with Gasteiger partial charge >= 0.3 is 5.97 Å². The Kier molecular flexibility index (Phi) is 4.97. The second-order valence-corrected chi connectivity index (χ2v) is 4.48. The van der Waals surface area contributed by atoms with Crippen LogP contribution in [0.3, 0.4) is 0 Å². The molecule has 1 fully saturated rings. The lowest BCUT2D eigenvalue weighted by Crippen LogP contribution is -2.54. The summed E-state index contributed by atoms with van der Waals surface area (Å²) in [6.45, 7) is -0.217. The minimum absolute atomic E-state index is 0.200. The van der Waals surface area contributed by atoms with Crippen molar-refractivity contribution in [2.45, 2.75) is 24.4 Å². The molecule has 1 aliphatic rings. The van der Waals surface area contributed by atoms with Gasteiger partial charge < -0.3 is 21.1 Å². The van der Waals surface area contributed by atoms with Crippen LogP contribution in [0, 0.1) is 0 Å². The van der Waals surface area contributed by atoms with Crippen molar-refractivity contribution in [1.29, 1.82) is 0 Å². The van der Waals surface area contributed by atoms with Gasteiger partial charge in [0, 0.05) is 5.75 Å². The number of esters is 1. The summed E-state index contributed by atoms with van der Waals surface area (Å²) in [6, 6.07) is -0.751. The molecule has 0 heterocycles. The van der Waals surface area contributed by atoms with Crippen LogP contribution in [0.2, 0.25) is 0 Å². The summed E-state index contributed by atoms with van der Waals surface area (Å²) in [7, 11) is 1.23. The van der Waals surface area contributed by atoms with E-state index >= 15 is 0 Å². The Hall–Kier alpha value is -1.28. The van der Waals surface area contributed by atoms with Gasteiger partial charge in [-0.05, 0) is 12.8 Å². The molecule has 0 aromatic heterocycles. The summed E-state index contributed by atoms with van der Waals surface area (Å²) in [5, 5.41) is 4.99. The van der Waals surface area contributed by atoms with Crippen molar-refractivity contribution >= 4 is 30.4 Å². The maximum atomic E-state index is 11.8. The third-order valence-electron chi connectivity index (χ3n) is 2.70. The van der Waals surface area contributed by atoms with Crippen molar-refractivity contribution in [2.24, 2.45) is 5.73 Å². The molecule has 18 heavy (non-hydrogen) atoms. The fourth-order valence-corrected chi connectivity index (χ4v) is 1.50. The fraction of sp³-hybridized carbons (Fsp3) is 0.700. The smallest absolute Gasteiger partial charge is 0.325 e. The van der Waals surface area contributed by atoms with Gasteiger partial charge in [0.1, 0.15) is 12.1 Å². The Bertz CT molecular complexity index is 357. The zero-order valence-corrected chi connectivity index (χ0v) is 11.0. The average Bonchev–Trinajstić information content (AvgIpc) is 3.15. The molecule has 7 nitrogen and oxygen atoms in total. The average molecular weight is 275 g/mol. The SMILES string of the molecule is COC(=O)CNC(=O)C1(NC(=O)[C@H](N)CS)CC1. The predicted molar refractivity (Wildman–Crippen MR) is 67.0 cm³/mol. The minimum Gasteiger partial charge on any atom is -0.468 e. The summed E-state index contributed by atoms with van der Waals surface area (Å²) in [6.07, 6.45) is 1.07. The first kappa shape index (κ1) is 14.8. The number of thiol groups is 1. The number of nitrogens with two attached hydrogens (primary N) is 1. The van der Waals surface area contributed by atoms with E-state index in [0.717, 1.165) is 0 Å². The molecule has 0 aliphatic heterocycles. The van der Waals surface area contributed by atoms with Crippen LogP contribution < -0.4 is 16.4 Å². The van der Waals surface area contributed by atoms with E-state index < -0.39 is 29.4 Å². The van der Waals surface area contributed by atoms with Gasteiger partial charge in [-0.1, -0.05) is 0 Å². The number of methoxy groups -OCH3 is 1. The maximum Gasteiger partial charge on any atom is 0.325 e. The standard InChI is InChI=1S/C10H17N3O4S/c1-17-7(14)4-12-9(16)10(2-3-10)13-8(15)6(11)5-18/h6,18H,2-5,11H2,1H3,(H,12,16)(H,13,15)/t6-/m1/s1. The topological polar surface area (TPSA) is 111 Å². The molecule has 102 valence electrons. The Morgan fingerprint density at radius 3 is 2.50 bits per heavy atom. The second kappa shape index (κ2) is 6.05. The van der Waals surface area contributed by atoms with E-state index in [1.54, 1.807) is 0 Å². The summed E-state index contributed by atoms with van der Waals surface area (Å²) >= 11 is 3.91. The van der Waals surface area contributed by atoms with Gasteiger partial charge in [0.05, 0.1) is 13.2 Å². The molecule has 1 atom stereocenters. The first-order chi connectivity index (χ1) is 8.45. The van der Waals surface area contributed by atoms with Crippen molar-refractivity contribution in [3.63, 3.8) is 0 Å². The lowest BCUT2D eigenvalue weighted by Gasteiger charge is -2.18. The van der Waals surface area contributed by atoms with Crippen molar-refractivity contribution in [2.75, 3.05) is 19.4 Å². The lowest BCUT2D eigenvalue weighted by molar-refractivity contribution is -0.141. The molecule has 8 heteroatoms. The lowest BCUT2D eigenvalue weighted by atomic mass is 10.2. The highest BCUT2D eigenvalue weighted by atomic mass is 32.1. The van der Waals surface area contributed by atoms with Gasteiger partial charge in [-0.25, -0.2) is 0 Å². The van der Waals surface area contributed by atoms with E-state index in [0.29, 0.717) is 12.8 Å².